The summed E-state index contributed by atoms with van der Waals surface area (Å²) in [6.45, 7) is 3.70. The summed E-state index contributed by atoms with van der Waals surface area (Å²) in [5.74, 6) is 0.912. The van der Waals surface area contributed by atoms with Crippen LogP contribution >= 0.6 is 24.0 Å². The first-order valence-corrected chi connectivity index (χ1v) is 6.58. The summed E-state index contributed by atoms with van der Waals surface area (Å²) in [5.41, 5.74) is 1.24. The Labute approximate surface area is 132 Å². The Hall–Kier alpha value is -0.980. The van der Waals surface area contributed by atoms with Crippen molar-refractivity contribution in [2.45, 2.75) is 32.4 Å². The Kier molecular flexibility index (Phi) is 6.97. The van der Waals surface area contributed by atoms with Crippen molar-refractivity contribution in [3.63, 3.8) is 0 Å². The number of aliphatic imine (C=N–C) groups is 1. The zero-order valence-corrected chi connectivity index (χ0v) is 13.9. The fourth-order valence-electron chi connectivity index (χ4n) is 2.07. The van der Waals surface area contributed by atoms with Crippen molar-refractivity contribution >= 4 is 29.9 Å². The molecule has 0 aromatic carbocycles. The topological polar surface area (TPSA) is 41.4 Å². The summed E-state index contributed by atoms with van der Waals surface area (Å²) in [4.78, 5) is 4.61. The van der Waals surface area contributed by atoms with Gasteiger partial charge in [0.05, 0.1) is 6.54 Å². The number of hydrogen-bond donors (Lipinski definition) is 2. The van der Waals surface area contributed by atoms with Crippen LogP contribution in [0.3, 0.4) is 0 Å². The molecule has 0 saturated heterocycles. The number of nitrogens with one attached hydrogen (secondary N) is 2. The molecule has 0 atom stereocenters. The summed E-state index contributed by atoms with van der Waals surface area (Å²) >= 11 is 0. The van der Waals surface area contributed by atoms with E-state index in [0.717, 1.165) is 31.9 Å². The van der Waals surface area contributed by atoms with Crippen molar-refractivity contribution < 1.29 is 0 Å². The van der Waals surface area contributed by atoms with E-state index in [1.165, 1.54) is 5.56 Å². The summed E-state index contributed by atoms with van der Waals surface area (Å²) in [6.07, 6.45) is 10.8. The predicted octanol–water partition coefficient (Wildman–Crippen LogP) is 2.42. The highest BCUT2D eigenvalue weighted by Gasteiger charge is 2.11. The van der Waals surface area contributed by atoms with Crippen LogP contribution < -0.4 is 10.6 Å². The van der Waals surface area contributed by atoms with Gasteiger partial charge in [-0.05, 0) is 31.4 Å². The van der Waals surface area contributed by atoms with Crippen molar-refractivity contribution in [3.8, 4) is 0 Å². The largest absolute Gasteiger partial charge is 0.357 e. The van der Waals surface area contributed by atoms with Gasteiger partial charge in [-0.25, -0.2) is 4.99 Å². The first-order chi connectivity index (χ1) is 8.78. The van der Waals surface area contributed by atoms with E-state index in [2.05, 4.69) is 47.0 Å². The minimum atomic E-state index is 0. The summed E-state index contributed by atoms with van der Waals surface area (Å²) in [5, 5.41) is 6.75. The van der Waals surface area contributed by atoms with Gasteiger partial charge in [-0.2, -0.15) is 0 Å². The molecule has 4 nitrogen and oxygen atoms in total. The molecule has 0 radical (unpaired) electrons. The lowest BCUT2D eigenvalue weighted by molar-refractivity contribution is 0.633. The molecule has 1 aromatic rings. The van der Waals surface area contributed by atoms with Crippen LogP contribution in [0.15, 0.2) is 35.6 Å². The molecule has 0 fully saturated rings. The Bertz CT molecular complexity index is 428. The standard InChI is InChI=1S/C14H22N4.HI/c1-3-15-14(17-13-6-4-5-7-13)16-10-12-8-9-18(2)11-12;/h4-5,8-9,11,13H,3,6-7,10H2,1-2H3,(H2,15,16,17);1H. The molecule has 0 aliphatic heterocycles. The lowest BCUT2D eigenvalue weighted by atomic mass is 10.2. The number of aromatic nitrogens is 1. The van der Waals surface area contributed by atoms with Gasteiger partial charge in [0, 0.05) is 32.0 Å². The highest BCUT2D eigenvalue weighted by Crippen LogP contribution is 2.09. The average Bonchev–Trinajstić information content (AvgIpc) is 2.98. The molecule has 0 unspecified atom stereocenters. The second-order valence-corrected chi connectivity index (χ2v) is 4.66. The van der Waals surface area contributed by atoms with Gasteiger partial charge in [0.15, 0.2) is 5.96 Å². The highest BCUT2D eigenvalue weighted by molar-refractivity contribution is 14.0. The van der Waals surface area contributed by atoms with Crippen molar-refractivity contribution in [2.75, 3.05) is 6.54 Å². The SMILES string of the molecule is CCNC(=NCc1ccn(C)c1)NC1CC=CC1.I. The number of hydrogen-bond acceptors (Lipinski definition) is 1. The maximum atomic E-state index is 4.61. The van der Waals surface area contributed by atoms with E-state index in [9.17, 15) is 0 Å². The smallest absolute Gasteiger partial charge is 0.191 e. The Balaban J connectivity index is 0.00000180. The normalized spacial score (nSPS) is 15.4. The van der Waals surface area contributed by atoms with Crippen LogP contribution in [-0.4, -0.2) is 23.1 Å². The molecule has 2 rings (SSSR count). The minimum absolute atomic E-state index is 0. The monoisotopic (exact) mass is 374 g/mol. The van der Waals surface area contributed by atoms with Gasteiger partial charge in [-0.3, -0.25) is 0 Å². The van der Waals surface area contributed by atoms with E-state index in [1.807, 2.05) is 17.8 Å². The highest BCUT2D eigenvalue weighted by atomic mass is 127. The number of rotatable bonds is 4. The summed E-state index contributed by atoms with van der Waals surface area (Å²) in [7, 11) is 2.03. The van der Waals surface area contributed by atoms with E-state index in [-0.39, 0.29) is 24.0 Å². The van der Waals surface area contributed by atoms with Gasteiger partial charge in [0.25, 0.3) is 0 Å². The van der Waals surface area contributed by atoms with Crippen molar-refractivity contribution in [1.82, 2.24) is 15.2 Å². The molecule has 1 aliphatic rings. The molecule has 19 heavy (non-hydrogen) atoms. The Morgan fingerprint density at radius 3 is 2.74 bits per heavy atom. The molecule has 106 valence electrons. The first-order valence-electron chi connectivity index (χ1n) is 6.58. The number of guanidine groups is 1. The maximum absolute atomic E-state index is 4.61. The molecule has 5 heteroatoms. The zero-order valence-electron chi connectivity index (χ0n) is 11.6. The fraction of sp³-hybridized carbons (Fsp3) is 0.500. The fourth-order valence-corrected chi connectivity index (χ4v) is 2.07. The lowest BCUT2D eigenvalue weighted by Crippen LogP contribution is -2.42. The Morgan fingerprint density at radius 2 is 2.16 bits per heavy atom. The van der Waals surface area contributed by atoms with Gasteiger partial charge < -0.3 is 15.2 Å². The van der Waals surface area contributed by atoms with Crippen LogP contribution in [0.1, 0.15) is 25.3 Å². The third-order valence-electron chi connectivity index (χ3n) is 3.01. The summed E-state index contributed by atoms with van der Waals surface area (Å²) in [6, 6.07) is 2.60. The average molecular weight is 374 g/mol. The van der Waals surface area contributed by atoms with E-state index in [4.69, 9.17) is 0 Å². The molecular formula is C14H23IN4. The van der Waals surface area contributed by atoms with Gasteiger partial charge in [0.1, 0.15) is 0 Å². The van der Waals surface area contributed by atoms with Crippen molar-refractivity contribution in [3.05, 3.63) is 36.2 Å². The van der Waals surface area contributed by atoms with Crippen molar-refractivity contribution in [1.29, 1.82) is 0 Å². The van der Waals surface area contributed by atoms with Crippen LogP contribution in [-0.2, 0) is 13.6 Å². The van der Waals surface area contributed by atoms with Crippen LogP contribution in [0.5, 0.6) is 0 Å². The second kappa shape index (κ2) is 8.24. The van der Waals surface area contributed by atoms with Gasteiger partial charge in [-0.15, -0.1) is 24.0 Å². The first kappa shape index (κ1) is 16.1. The number of halogens is 1. The van der Waals surface area contributed by atoms with E-state index in [1.54, 1.807) is 0 Å². The molecule has 1 aromatic heterocycles. The van der Waals surface area contributed by atoms with E-state index < -0.39 is 0 Å². The van der Waals surface area contributed by atoms with E-state index >= 15 is 0 Å². The van der Waals surface area contributed by atoms with Crippen LogP contribution in [0, 0.1) is 0 Å². The van der Waals surface area contributed by atoms with Crippen LogP contribution in [0.2, 0.25) is 0 Å². The minimum Gasteiger partial charge on any atom is -0.357 e. The third-order valence-corrected chi connectivity index (χ3v) is 3.01. The number of aryl methyl sites for hydroxylation is 1. The van der Waals surface area contributed by atoms with Crippen LogP contribution in [0.25, 0.3) is 0 Å². The maximum Gasteiger partial charge on any atom is 0.191 e. The van der Waals surface area contributed by atoms with Gasteiger partial charge in [-0.1, -0.05) is 12.2 Å². The quantitative estimate of drug-likeness (QED) is 0.368. The molecule has 1 aliphatic carbocycles. The van der Waals surface area contributed by atoms with Crippen molar-refractivity contribution in [2.24, 2.45) is 12.0 Å². The molecule has 1 heterocycles. The summed E-state index contributed by atoms with van der Waals surface area (Å²) < 4.78 is 2.05. The van der Waals surface area contributed by atoms with E-state index in [0.29, 0.717) is 6.04 Å². The number of nitrogens with zero attached hydrogens (tertiary/aromatic N) is 2. The zero-order chi connectivity index (χ0) is 12.8. The van der Waals surface area contributed by atoms with Gasteiger partial charge >= 0.3 is 0 Å². The molecule has 0 bridgehead atoms. The molecule has 0 amide bonds. The molecule has 2 N–H and O–H groups in total. The van der Waals surface area contributed by atoms with Crippen LogP contribution in [0.4, 0.5) is 0 Å². The molecule has 0 saturated carbocycles. The van der Waals surface area contributed by atoms with Gasteiger partial charge in [0.2, 0.25) is 0 Å². The third kappa shape index (κ3) is 5.26. The molecular weight excluding hydrogens is 351 g/mol. The second-order valence-electron chi connectivity index (χ2n) is 4.66. The predicted molar refractivity (Wildman–Crippen MR) is 90.9 cm³/mol. The Morgan fingerprint density at radius 1 is 1.42 bits per heavy atom. The molecule has 0 spiro atoms. The lowest BCUT2D eigenvalue weighted by Gasteiger charge is -2.16.